The van der Waals surface area contributed by atoms with Crippen molar-refractivity contribution < 1.29 is 4.74 Å². The first kappa shape index (κ1) is 16.7. The predicted molar refractivity (Wildman–Crippen MR) is 102 cm³/mol. The SMILES string of the molecule is CC[C@@H]1C[C@@H](Oc2ccc(C#N)cn2)C[C@H]1c1nnc2cnc3[nH]ccc3n12. The number of ether oxygens (including phenoxy) is 1. The molecule has 0 unspecified atom stereocenters. The summed E-state index contributed by atoms with van der Waals surface area (Å²) >= 11 is 0. The van der Waals surface area contributed by atoms with Crippen LogP contribution in [0.1, 0.15) is 43.5 Å². The molecule has 0 aliphatic heterocycles. The molecule has 8 heteroatoms. The van der Waals surface area contributed by atoms with Gasteiger partial charge >= 0.3 is 0 Å². The van der Waals surface area contributed by atoms with Crippen LogP contribution in [0.25, 0.3) is 16.8 Å². The lowest BCUT2D eigenvalue weighted by molar-refractivity contribution is 0.195. The van der Waals surface area contributed by atoms with E-state index in [9.17, 15) is 0 Å². The van der Waals surface area contributed by atoms with Gasteiger partial charge in [-0.15, -0.1) is 10.2 Å². The minimum Gasteiger partial charge on any atom is -0.474 e. The van der Waals surface area contributed by atoms with Gasteiger partial charge in [-0.05, 0) is 30.9 Å². The third-order valence-corrected chi connectivity index (χ3v) is 5.63. The molecular formula is C20H19N7O. The highest BCUT2D eigenvalue weighted by molar-refractivity contribution is 5.74. The van der Waals surface area contributed by atoms with Gasteiger partial charge in [0.2, 0.25) is 5.88 Å². The smallest absolute Gasteiger partial charge is 0.213 e. The average Bonchev–Trinajstić information content (AvgIpc) is 3.45. The van der Waals surface area contributed by atoms with E-state index in [1.54, 1.807) is 24.5 Å². The van der Waals surface area contributed by atoms with Gasteiger partial charge in [0.05, 0.1) is 17.3 Å². The number of H-pyrrole nitrogens is 1. The zero-order valence-corrected chi connectivity index (χ0v) is 15.4. The molecule has 0 amide bonds. The van der Waals surface area contributed by atoms with Crippen molar-refractivity contribution in [2.75, 3.05) is 0 Å². The molecule has 4 aromatic heterocycles. The Morgan fingerprint density at radius 3 is 2.93 bits per heavy atom. The van der Waals surface area contributed by atoms with Gasteiger partial charge in [0, 0.05) is 24.4 Å². The predicted octanol–water partition coefficient (Wildman–Crippen LogP) is 3.22. The van der Waals surface area contributed by atoms with Gasteiger partial charge in [0.1, 0.15) is 18.0 Å². The van der Waals surface area contributed by atoms with Gasteiger partial charge < -0.3 is 9.72 Å². The summed E-state index contributed by atoms with van der Waals surface area (Å²) in [5.41, 5.74) is 3.11. The van der Waals surface area contributed by atoms with Crippen molar-refractivity contribution in [2.45, 2.75) is 38.2 Å². The molecule has 140 valence electrons. The molecule has 1 N–H and O–H groups in total. The number of hydrogen-bond donors (Lipinski definition) is 1. The van der Waals surface area contributed by atoms with Crippen molar-refractivity contribution in [1.29, 1.82) is 5.26 Å². The Hall–Kier alpha value is -3.47. The van der Waals surface area contributed by atoms with Crippen LogP contribution in [-0.4, -0.2) is 35.7 Å². The Morgan fingerprint density at radius 1 is 1.21 bits per heavy atom. The van der Waals surface area contributed by atoms with Gasteiger partial charge in [-0.2, -0.15) is 5.26 Å². The Balaban J connectivity index is 1.46. The van der Waals surface area contributed by atoms with Crippen molar-refractivity contribution in [3.05, 3.63) is 48.2 Å². The van der Waals surface area contributed by atoms with Gasteiger partial charge in [0.15, 0.2) is 11.3 Å². The van der Waals surface area contributed by atoms with Crippen molar-refractivity contribution in [3.63, 3.8) is 0 Å². The number of rotatable bonds is 4. The number of nitrogens with one attached hydrogen (secondary N) is 1. The number of aromatic amines is 1. The van der Waals surface area contributed by atoms with Crippen LogP contribution in [0.2, 0.25) is 0 Å². The van der Waals surface area contributed by atoms with Crippen LogP contribution in [0.15, 0.2) is 36.8 Å². The fraction of sp³-hybridized carbons (Fsp3) is 0.350. The van der Waals surface area contributed by atoms with Crippen molar-refractivity contribution >= 4 is 16.8 Å². The maximum absolute atomic E-state index is 8.91. The quantitative estimate of drug-likeness (QED) is 0.589. The van der Waals surface area contributed by atoms with E-state index < -0.39 is 0 Å². The first-order valence-corrected chi connectivity index (χ1v) is 9.46. The summed E-state index contributed by atoms with van der Waals surface area (Å²) in [7, 11) is 0. The van der Waals surface area contributed by atoms with Crippen LogP contribution in [0.5, 0.6) is 5.88 Å². The van der Waals surface area contributed by atoms with Gasteiger partial charge in [0.25, 0.3) is 0 Å². The summed E-state index contributed by atoms with van der Waals surface area (Å²) in [6.07, 6.45) is 8.08. The molecule has 1 aliphatic rings. The summed E-state index contributed by atoms with van der Waals surface area (Å²) in [4.78, 5) is 11.8. The lowest BCUT2D eigenvalue weighted by Gasteiger charge is -2.15. The van der Waals surface area contributed by atoms with E-state index in [-0.39, 0.29) is 12.0 Å². The highest BCUT2D eigenvalue weighted by atomic mass is 16.5. The van der Waals surface area contributed by atoms with E-state index in [0.29, 0.717) is 17.4 Å². The van der Waals surface area contributed by atoms with Crippen LogP contribution in [0.4, 0.5) is 0 Å². The maximum Gasteiger partial charge on any atom is 0.213 e. The second-order valence-corrected chi connectivity index (χ2v) is 7.20. The molecule has 0 aromatic carbocycles. The number of aromatic nitrogens is 6. The van der Waals surface area contributed by atoms with Crippen LogP contribution >= 0.6 is 0 Å². The molecule has 0 bridgehead atoms. The standard InChI is InChI=1S/C20H19N7O/c1-2-13-7-14(28-18-4-3-12(9-21)10-23-18)8-15(13)20-26-25-17-11-24-19-16(27(17)20)5-6-22-19/h3-6,10-11,13-15,22H,2,7-8H2,1H3/t13-,14-,15-/m1/s1. The lowest BCUT2D eigenvalue weighted by Crippen LogP contribution is -2.13. The molecule has 0 saturated heterocycles. The molecule has 1 aliphatic carbocycles. The summed E-state index contributed by atoms with van der Waals surface area (Å²) in [5.74, 6) is 2.23. The summed E-state index contributed by atoms with van der Waals surface area (Å²) in [5, 5.41) is 17.8. The zero-order valence-electron chi connectivity index (χ0n) is 15.4. The third-order valence-electron chi connectivity index (χ3n) is 5.63. The van der Waals surface area contributed by atoms with Gasteiger partial charge in [-0.3, -0.25) is 4.40 Å². The number of pyridine rings is 1. The molecule has 1 fully saturated rings. The van der Waals surface area contributed by atoms with Crippen molar-refractivity contribution in [1.82, 2.24) is 29.5 Å². The summed E-state index contributed by atoms with van der Waals surface area (Å²) < 4.78 is 8.23. The molecule has 28 heavy (non-hydrogen) atoms. The Bertz CT molecular complexity index is 1170. The van der Waals surface area contributed by atoms with Crippen LogP contribution in [0, 0.1) is 17.2 Å². The fourth-order valence-corrected chi connectivity index (χ4v) is 4.26. The lowest BCUT2D eigenvalue weighted by atomic mass is 9.93. The van der Waals surface area contributed by atoms with E-state index in [2.05, 4.69) is 42.5 Å². The molecule has 0 spiro atoms. The zero-order chi connectivity index (χ0) is 19.1. The monoisotopic (exact) mass is 373 g/mol. The van der Waals surface area contributed by atoms with Crippen LogP contribution < -0.4 is 4.74 Å². The number of nitriles is 1. The van der Waals surface area contributed by atoms with Crippen LogP contribution in [0.3, 0.4) is 0 Å². The van der Waals surface area contributed by atoms with Crippen molar-refractivity contribution in [3.8, 4) is 11.9 Å². The molecular weight excluding hydrogens is 354 g/mol. The second kappa shape index (κ2) is 6.60. The fourth-order valence-electron chi connectivity index (χ4n) is 4.26. The Kier molecular flexibility index (Phi) is 3.93. The van der Waals surface area contributed by atoms with Gasteiger partial charge in [-0.1, -0.05) is 13.3 Å². The van der Waals surface area contributed by atoms with E-state index in [4.69, 9.17) is 10.00 Å². The average molecular weight is 373 g/mol. The number of fused-ring (bicyclic) bond motifs is 3. The van der Waals surface area contributed by atoms with E-state index in [0.717, 1.165) is 41.9 Å². The Morgan fingerprint density at radius 2 is 2.14 bits per heavy atom. The highest BCUT2D eigenvalue weighted by Crippen LogP contribution is 2.42. The minimum absolute atomic E-state index is 0.0614. The molecule has 4 heterocycles. The third kappa shape index (κ3) is 2.67. The second-order valence-electron chi connectivity index (χ2n) is 7.20. The first-order chi connectivity index (χ1) is 13.8. The topological polar surface area (TPSA) is 105 Å². The molecule has 0 radical (unpaired) electrons. The maximum atomic E-state index is 8.91. The van der Waals surface area contributed by atoms with Crippen LogP contribution in [-0.2, 0) is 0 Å². The minimum atomic E-state index is 0.0614. The number of nitrogens with zero attached hydrogens (tertiary/aromatic N) is 6. The largest absolute Gasteiger partial charge is 0.474 e. The summed E-state index contributed by atoms with van der Waals surface area (Å²) in [6, 6.07) is 7.57. The highest BCUT2D eigenvalue weighted by Gasteiger charge is 2.38. The number of hydrogen-bond acceptors (Lipinski definition) is 6. The molecule has 5 rings (SSSR count). The molecule has 3 atom stereocenters. The molecule has 1 saturated carbocycles. The normalized spacial score (nSPS) is 21.9. The first-order valence-electron chi connectivity index (χ1n) is 9.46. The van der Waals surface area contributed by atoms with Gasteiger partial charge in [-0.25, -0.2) is 9.97 Å². The molecule has 4 aromatic rings. The van der Waals surface area contributed by atoms with E-state index >= 15 is 0 Å². The summed E-state index contributed by atoms with van der Waals surface area (Å²) in [6.45, 7) is 2.21. The van der Waals surface area contributed by atoms with Crippen molar-refractivity contribution in [2.24, 2.45) is 5.92 Å². The molecule has 8 nitrogen and oxygen atoms in total. The van der Waals surface area contributed by atoms with E-state index in [1.165, 1.54) is 0 Å². The Labute approximate surface area is 161 Å². The van der Waals surface area contributed by atoms with E-state index in [1.807, 2.05) is 12.3 Å².